The Bertz CT molecular complexity index is 673. The molecule has 1 N–H and O–H groups in total. The van der Waals surface area contributed by atoms with Gasteiger partial charge in [0.25, 0.3) is 10.0 Å². The minimum absolute atomic E-state index is 0.0973. The van der Waals surface area contributed by atoms with Gasteiger partial charge in [0.05, 0.1) is 11.9 Å². The van der Waals surface area contributed by atoms with Crippen LogP contribution in [0, 0.1) is 6.92 Å². The zero-order valence-electron chi connectivity index (χ0n) is 9.46. The van der Waals surface area contributed by atoms with Crippen LogP contribution in [0.5, 0.6) is 0 Å². The minimum Gasteiger partial charge on any atom is -0.278 e. The lowest BCUT2D eigenvalue weighted by Gasteiger charge is -2.09. The van der Waals surface area contributed by atoms with Crippen LogP contribution in [0.2, 0.25) is 0 Å². The topological polar surface area (TPSA) is 72.0 Å². The summed E-state index contributed by atoms with van der Waals surface area (Å²) in [6, 6.07) is 3.22. The maximum absolute atomic E-state index is 12.1. The molecule has 0 fully saturated rings. The summed E-state index contributed by atoms with van der Waals surface area (Å²) in [7, 11) is -3.64. The van der Waals surface area contributed by atoms with E-state index in [9.17, 15) is 8.42 Å². The van der Waals surface area contributed by atoms with Crippen LogP contribution in [0.1, 0.15) is 5.56 Å². The number of sulfonamides is 1. The predicted molar refractivity (Wildman–Crippen MR) is 71.7 cm³/mol. The number of aryl methyl sites for hydroxylation is 1. The molecule has 5 nitrogen and oxygen atoms in total. The van der Waals surface area contributed by atoms with E-state index in [0.29, 0.717) is 10.2 Å². The van der Waals surface area contributed by atoms with Gasteiger partial charge in [-0.2, -0.15) is 0 Å². The van der Waals surface area contributed by atoms with Gasteiger partial charge in [-0.05, 0) is 40.5 Å². The van der Waals surface area contributed by atoms with Gasteiger partial charge in [-0.3, -0.25) is 14.7 Å². The van der Waals surface area contributed by atoms with E-state index in [-0.39, 0.29) is 4.90 Å². The number of hydrogen-bond acceptors (Lipinski definition) is 4. The molecule has 2 rings (SSSR count). The maximum Gasteiger partial charge on any atom is 0.263 e. The number of pyridine rings is 2. The number of nitrogens with one attached hydrogen (secondary N) is 1. The van der Waals surface area contributed by atoms with Gasteiger partial charge < -0.3 is 0 Å². The summed E-state index contributed by atoms with van der Waals surface area (Å²) in [6.07, 6.45) is 5.89. The van der Waals surface area contributed by atoms with Crippen LogP contribution in [0.25, 0.3) is 0 Å². The van der Waals surface area contributed by atoms with E-state index in [2.05, 4.69) is 30.6 Å². The summed E-state index contributed by atoms with van der Waals surface area (Å²) in [5.74, 6) is 0. The van der Waals surface area contributed by atoms with Crippen molar-refractivity contribution in [3.05, 3.63) is 47.0 Å². The Kier molecular flexibility index (Phi) is 3.63. The monoisotopic (exact) mass is 327 g/mol. The molecule has 0 bridgehead atoms. The molecular weight excluding hydrogens is 318 g/mol. The summed E-state index contributed by atoms with van der Waals surface area (Å²) in [4.78, 5) is 7.82. The fourth-order valence-corrected chi connectivity index (χ4v) is 2.93. The normalized spacial score (nSPS) is 11.2. The van der Waals surface area contributed by atoms with Crippen LogP contribution >= 0.6 is 15.9 Å². The summed E-state index contributed by atoms with van der Waals surface area (Å²) >= 11 is 3.19. The Labute approximate surface area is 113 Å². The highest BCUT2D eigenvalue weighted by Crippen LogP contribution is 2.19. The van der Waals surface area contributed by atoms with Crippen molar-refractivity contribution in [1.29, 1.82) is 0 Å². The van der Waals surface area contributed by atoms with E-state index >= 15 is 0 Å². The average molecular weight is 328 g/mol. The molecule has 0 unspecified atom stereocenters. The molecule has 0 aliphatic carbocycles. The van der Waals surface area contributed by atoms with Gasteiger partial charge in [0.15, 0.2) is 0 Å². The largest absolute Gasteiger partial charge is 0.278 e. The van der Waals surface area contributed by atoms with E-state index in [0.717, 1.165) is 5.56 Å². The SMILES string of the molecule is Cc1ccncc1NS(=O)(=O)c1cncc(Br)c1. The Hall–Kier alpha value is -1.47. The van der Waals surface area contributed by atoms with Crippen molar-refractivity contribution in [2.75, 3.05) is 4.72 Å². The maximum atomic E-state index is 12.1. The predicted octanol–water partition coefficient (Wildman–Crippen LogP) is 2.35. The van der Waals surface area contributed by atoms with E-state index in [1.807, 2.05) is 0 Å². The zero-order valence-corrected chi connectivity index (χ0v) is 11.9. The molecule has 2 aromatic heterocycles. The third-order valence-electron chi connectivity index (χ3n) is 2.27. The highest BCUT2D eigenvalue weighted by Gasteiger charge is 2.15. The highest BCUT2D eigenvalue weighted by atomic mass is 79.9. The van der Waals surface area contributed by atoms with E-state index in [1.165, 1.54) is 24.7 Å². The van der Waals surface area contributed by atoms with Gasteiger partial charge in [0, 0.05) is 23.1 Å². The Morgan fingerprint density at radius 1 is 1.22 bits per heavy atom. The first-order valence-electron chi connectivity index (χ1n) is 5.03. The van der Waals surface area contributed by atoms with Gasteiger partial charge in [-0.25, -0.2) is 8.42 Å². The standard InChI is InChI=1S/C11H10BrN3O2S/c1-8-2-3-13-7-11(8)15-18(16,17)10-4-9(12)5-14-6-10/h2-7,15H,1H3. The van der Waals surface area contributed by atoms with Crippen LogP contribution in [0.15, 0.2) is 46.3 Å². The van der Waals surface area contributed by atoms with E-state index in [1.54, 1.807) is 19.2 Å². The lowest BCUT2D eigenvalue weighted by atomic mass is 10.3. The molecule has 0 spiro atoms. The summed E-state index contributed by atoms with van der Waals surface area (Å²) in [6.45, 7) is 1.80. The zero-order chi connectivity index (χ0) is 13.2. The van der Waals surface area contributed by atoms with E-state index in [4.69, 9.17) is 0 Å². The molecule has 0 saturated carbocycles. The minimum atomic E-state index is -3.64. The van der Waals surface area contributed by atoms with Crippen molar-refractivity contribution in [3.8, 4) is 0 Å². The first-order chi connectivity index (χ1) is 8.49. The van der Waals surface area contributed by atoms with Crippen LogP contribution in [0.3, 0.4) is 0 Å². The van der Waals surface area contributed by atoms with Gasteiger partial charge in [-0.15, -0.1) is 0 Å². The molecule has 0 aromatic carbocycles. The second-order valence-electron chi connectivity index (χ2n) is 3.63. The van der Waals surface area contributed by atoms with Gasteiger partial charge in [-0.1, -0.05) is 0 Å². The summed E-state index contributed by atoms with van der Waals surface area (Å²) in [5, 5.41) is 0. The molecule has 0 aliphatic heterocycles. The van der Waals surface area contributed by atoms with E-state index < -0.39 is 10.0 Å². The van der Waals surface area contributed by atoms with Gasteiger partial charge in [0.1, 0.15) is 4.90 Å². The van der Waals surface area contributed by atoms with Crippen molar-refractivity contribution >= 4 is 31.6 Å². The third-order valence-corrected chi connectivity index (χ3v) is 4.04. The van der Waals surface area contributed by atoms with Crippen molar-refractivity contribution in [2.45, 2.75) is 11.8 Å². The molecule has 18 heavy (non-hydrogen) atoms. The lowest BCUT2D eigenvalue weighted by Crippen LogP contribution is -2.14. The molecule has 94 valence electrons. The Morgan fingerprint density at radius 3 is 2.67 bits per heavy atom. The fourth-order valence-electron chi connectivity index (χ4n) is 1.31. The fraction of sp³-hybridized carbons (Fsp3) is 0.0909. The summed E-state index contributed by atoms with van der Waals surface area (Å²) in [5.41, 5.74) is 1.26. The van der Waals surface area contributed by atoms with Crippen LogP contribution in [-0.2, 0) is 10.0 Å². The quantitative estimate of drug-likeness (QED) is 0.939. The highest BCUT2D eigenvalue weighted by molar-refractivity contribution is 9.10. The number of hydrogen-bond donors (Lipinski definition) is 1. The molecule has 0 atom stereocenters. The van der Waals surface area contributed by atoms with Crippen molar-refractivity contribution in [1.82, 2.24) is 9.97 Å². The van der Waals surface area contributed by atoms with Crippen LogP contribution in [0.4, 0.5) is 5.69 Å². The number of aromatic nitrogens is 2. The van der Waals surface area contributed by atoms with Crippen LogP contribution < -0.4 is 4.72 Å². The summed E-state index contributed by atoms with van der Waals surface area (Å²) < 4.78 is 27.3. The van der Waals surface area contributed by atoms with Crippen molar-refractivity contribution < 1.29 is 8.42 Å². The molecule has 0 aliphatic rings. The number of nitrogens with zero attached hydrogens (tertiary/aromatic N) is 2. The molecule has 0 saturated heterocycles. The molecule has 0 radical (unpaired) electrons. The second-order valence-corrected chi connectivity index (χ2v) is 6.23. The lowest BCUT2D eigenvalue weighted by molar-refractivity contribution is 0.600. The number of anilines is 1. The average Bonchev–Trinajstić information content (AvgIpc) is 2.32. The van der Waals surface area contributed by atoms with Crippen LogP contribution in [-0.4, -0.2) is 18.4 Å². The number of halogens is 1. The first-order valence-corrected chi connectivity index (χ1v) is 7.30. The number of rotatable bonds is 3. The third kappa shape index (κ3) is 2.85. The van der Waals surface area contributed by atoms with Crippen molar-refractivity contribution in [2.24, 2.45) is 0 Å². The molecule has 2 aromatic rings. The van der Waals surface area contributed by atoms with Gasteiger partial charge in [0.2, 0.25) is 0 Å². The Balaban J connectivity index is 2.37. The molecule has 2 heterocycles. The van der Waals surface area contributed by atoms with Crippen molar-refractivity contribution in [3.63, 3.8) is 0 Å². The second kappa shape index (κ2) is 5.03. The van der Waals surface area contributed by atoms with Gasteiger partial charge >= 0.3 is 0 Å². The first kappa shape index (κ1) is 13.0. The molecular formula is C11H10BrN3O2S. The molecule has 0 amide bonds. The smallest absolute Gasteiger partial charge is 0.263 e. The Morgan fingerprint density at radius 2 is 2.00 bits per heavy atom. The molecule has 7 heteroatoms.